The van der Waals surface area contributed by atoms with Gasteiger partial charge in [0.25, 0.3) is 0 Å². The summed E-state index contributed by atoms with van der Waals surface area (Å²) < 4.78 is 5.91. The Morgan fingerprint density at radius 3 is 2.52 bits per heavy atom. The molecule has 1 aliphatic heterocycles. The van der Waals surface area contributed by atoms with Crippen molar-refractivity contribution >= 4 is 35.8 Å². The highest BCUT2D eigenvalue weighted by Crippen LogP contribution is 2.13. The van der Waals surface area contributed by atoms with Crippen LogP contribution in [0.1, 0.15) is 25.3 Å². The Balaban J connectivity index is 0.00000364. The van der Waals surface area contributed by atoms with Crippen LogP contribution in [0.5, 0.6) is 5.75 Å². The molecule has 8 heteroatoms. The first kappa shape index (κ1) is 23.5. The van der Waals surface area contributed by atoms with Gasteiger partial charge in [0.2, 0.25) is 5.91 Å². The minimum atomic E-state index is -0.267. The van der Waals surface area contributed by atoms with E-state index in [2.05, 4.69) is 27.4 Å². The van der Waals surface area contributed by atoms with Crippen LogP contribution in [0.4, 0.5) is 0 Å². The third-order valence-electron chi connectivity index (χ3n) is 4.45. The Morgan fingerprint density at radius 1 is 1.33 bits per heavy atom. The summed E-state index contributed by atoms with van der Waals surface area (Å²) in [6.07, 6.45) is 1.95. The number of nitrogens with one attached hydrogen (secondary N) is 2. The van der Waals surface area contributed by atoms with Gasteiger partial charge in [0, 0.05) is 26.2 Å². The van der Waals surface area contributed by atoms with Crippen molar-refractivity contribution in [2.45, 2.75) is 38.8 Å². The van der Waals surface area contributed by atoms with Crippen molar-refractivity contribution in [1.29, 1.82) is 0 Å². The average Bonchev–Trinajstić information content (AvgIpc) is 2.61. The van der Waals surface area contributed by atoms with E-state index in [1.54, 1.807) is 7.05 Å². The number of nitrogens with two attached hydrogens (primary N) is 1. The standard InChI is InChI=1S/C19H31N5O2.HI/c1-14-4-6-17(7-5-14)26-15(2)12-22-19(21-3)23-16-8-10-24(11-9-16)13-18(20)25;/h4-7,15-16H,8-13H2,1-3H3,(H2,20,25)(H2,21,22,23);1H. The Morgan fingerprint density at radius 2 is 1.96 bits per heavy atom. The largest absolute Gasteiger partial charge is 0.489 e. The number of ether oxygens (including phenoxy) is 1. The van der Waals surface area contributed by atoms with Crippen LogP contribution in [0.25, 0.3) is 0 Å². The molecule has 152 valence electrons. The molecule has 0 spiro atoms. The number of rotatable bonds is 7. The van der Waals surface area contributed by atoms with E-state index >= 15 is 0 Å². The molecule has 1 heterocycles. The lowest BCUT2D eigenvalue weighted by Crippen LogP contribution is -2.50. The molecule has 1 unspecified atom stereocenters. The summed E-state index contributed by atoms with van der Waals surface area (Å²) in [6.45, 7) is 6.82. The van der Waals surface area contributed by atoms with Crippen molar-refractivity contribution in [2.24, 2.45) is 10.7 Å². The van der Waals surface area contributed by atoms with Crippen molar-refractivity contribution in [3.8, 4) is 5.75 Å². The lowest BCUT2D eigenvalue weighted by molar-refractivity contribution is -0.119. The number of benzene rings is 1. The molecule has 0 bridgehead atoms. The predicted octanol–water partition coefficient (Wildman–Crippen LogP) is 1.50. The molecule has 2 rings (SSSR count). The van der Waals surface area contributed by atoms with Crippen molar-refractivity contribution in [3.63, 3.8) is 0 Å². The van der Waals surface area contributed by atoms with E-state index in [1.807, 2.05) is 31.2 Å². The Bertz CT molecular complexity index is 601. The zero-order chi connectivity index (χ0) is 18.9. The van der Waals surface area contributed by atoms with Gasteiger partial charge in [-0.2, -0.15) is 0 Å². The van der Waals surface area contributed by atoms with Gasteiger partial charge in [-0.25, -0.2) is 0 Å². The maximum atomic E-state index is 11.0. The van der Waals surface area contributed by atoms with Crippen LogP contribution >= 0.6 is 24.0 Å². The first-order valence-electron chi connectivity index (χ1n) is 9.17. The molecule has 0 aromatic heterocycles. The number of hydrogen-bond acceptors (Lipinski definition) is 4. The second-order valence-corrected chi connectivity index (χ2v) is 6.86. The van der Waals surface area contributed by atoms with Crippen molar-refractivity contribution in [1.82, 2.24) is 15.5 Å². The molecule has 4 N–H and O–H groups in total. The molecule has 0 radical (unpaired) electrons. The van der Waals surface area contributed by atoms with Gasteiger partial charge in [0.15, 0.2) is 5.96 Å². The zero-order valence-electron chi connectivity index (χ0n) is 16.4. The number of carbonyl (C=O) groups excluding carboxylic acids is 1. The van der Waals surface area contributed by atoms with E-state index in [1.165, 1.54) is 5.56 Å². The third-order valence-corrected chi connectivity index (χ3v) is 4.45. The Kier molecular flexibility index (Phi) is 10.5. The average molecular weight is 489 g/mol. The number of halogens is 1. The van der Waals surface area contributed by atoms with Crippen LogP contribution in [0.2, 0.25) is 0 Å². The summed E-state index contributed by atoms with van der Waals surface area (Å²) in [7, 11) is 1.77. The maximum absolute atomic E-state index is 11.0. The zero-order valence-corrected chi connectivity index (χ0v) is 18.7. The number of amides is 1. The monoisotopic (exact) mass is 489 g/mol. The quantitative estimate of drug-likeness (QED) is 0.307. The van der Waals surface area contributed by atoms with Crippen LogP contribution in [0.15, 0.2) is 29.3 Å². The molecule has 7 nitrogen and oxygen atoms in total. The summed E-state index contributed by atoms with van der Waals surface area (Å²) in [6, 6.07) is 8.40. The van der Waals surface area contributed by atoms with Crippen LogP contribution in [0, 0.1) is 6.92 Å². The highest BCUT2D eigenvalue weighted by atomic mass is 127. The molecule has 1 aromatic carbocycles. The van der Waals surface area contributed by atoms with E-state index in [0.717, 1.165) is 37.6 Å². The van der Waals surface area contributed by atoms with E-state index in [-0.39, 0.29) is 36.0 Å². The van der Waals surface area contributed by atoms with Crippen LogP contribution in [-0.2, 0) is 4.79 Å². The number of carbonyl (C=O) groups is 1. The van der Waals surface area contributed by atoms with Gasteiger partial charge in [-0.05, 0) is 38.8 Å². The summed E-state index contributed by atoms with van der Waals surface area (Å²) >= 11 is 0. The molecule has 0 aliphatic carbocycles. The number of aliphatic imine (C=N–C) groups is 1. The summed E-state index contributed by atoms with van der Waals surface area (Å²) in [5, 5.41) is 6.76. The molecule has 1 atom stereocenters. The number of nitrogens with zero attached hydrogens (tertiary/aromatic N) is 2. The molecule has 1 saturated heterocycles. The van der Waals surface area contributed by atoms with Gasteiger partial charge in [0.05, 0.1) is 13.1 Å². The van der Waals surface area contributed by atoms with Gasteiger partial charge < -0.3 is 21.1 Å². The predicted molar refractivity (Wildman–Crippen MR) is 120 cm³/mol. The number of aryl methyl sites for hydroxylation is 1. The lowest BCUT2D eigenvalue weighted by atomic mass is 10.1. The van der Waals surface area contributed by atoms with E-state index in [0.29, 0.717) is 19.1 Å². The molecule has 1 aromatic rings. The van der Waals surface area contributed by atoms with E-state index in [9.17, 15) is 4.79 Å². The summed E-state index contributed by atoms with van der Waals surface area (Å²) in [5.74, 6) is 1.38. The number of hydrogen-bond donors (Lipinski definition) is 3. The molecular formula is C19H32IN5O2. The second-order valence-electron chi connectivity index (χ2n) is 6.86. The van der Waals surface area contributed by atoms with Gasteiger partial charge in [-0.1, -0.05) is 17.7 Å². The van der Waals surface area contributed by atoms with Gasteiger partial charge in [-0.15, -0.1) is 24.0 Å². The molecule has 1 aliphatic rings. The minimum absolute atomic E-state index is 0. The number of piperidine rings is 1. The Hall–Kier alpha value is -1.55. The molecular weight excluding hydrogens is 457 g/mol. The fourth-order valence-corrected chi connectivity index (χ4v) is 2.98. The fraction of sp³-hybridized carbons (Fsp3) is 0.579. The van der Waals surface area contributed by atoms with E-state index in [4.69, 9.17) is 10.5 Å². The van der Waals surface area contributed by atoms with Crippen molar-refractivity contribution in [2.75, 3.05) is 33.2 Å². The van der Waals surface area contributed by atoms with E-state index < -0.39 is 0 Å². The highest BCUT2D eigenvalue weighted by Gasteiger charge is 2.21. The Labute approximate surface area is 179 Å². The van der Waals surface area contributed by atoms with Crippen molar-refractivity contribution < 1.29 is 9.53 Å². The topological polar surface area (TPSA) is 92.0 Å². The second kappa shape index (κ2) is 12.0. The van der Waals surface area contributed by atoms with Gasteiger partial charge >= 0.3 is 0 Å². The third kappa shape index (κ3) is 8.79. The van der Waals surface area contributed by atoms with Crippen LogP contribution in [0.3, 0.4) is 0 Å². The van der Waals surface area contributed by atoms with Crippen LogP contribution in [-0.4, -0.2) is 62.1 Å². The maximum Gasteiger partial charge on any atom is 0.231 e. The molecule has 0 saturated carbocycles. The lowest BCUT2D eigenvalue weighted by Gasteiger charge is -2.32. The number of primary amides is 1. The minimum Gasteiger partial charge on any atom is -0.489 e. The first-order valence-corrected chi connectivity index (χ1v) is 9.17. The summed E-state index contributed by atoms with van der Waals surface area (Å²) in [5.41, 5.74) is 6.47. The smallest absolute Gasteiger partial charge is 0.231 e. The SMILES string of the molecule is CN=C(NCC(C)Oc1ccc(C)cc1)NC1CCN(CC(N)=O)CC1.I. The first-order chi connectivity index (χ1) is 12.5. The fourth-order valence-electron chi connectivity index (χ4n) is 2.98. The molecule has 1 fully saturated rings. The summed E-state index contributed by atoms with van der Waals surface area (Å²) in [4.78, 5) is 17.4. The number of guanidine groups is 1. The number of likely N-dealkylation sites (tertiary alicyclic amines) is 1. The van der Waals surface area contributed by atoms with Gasteiger partial charge in [-0.3, -0.25) is 14.7 Å². The highest BCUT2D eigenvalue weighted by molar-refractivity contribution is 14.0. The molecule has 27 heavy (non-hydrogen) atoms. The van der Waals surface area contributed by atoms with Crippen LogP contribution < -0.4 is 21.1 Å². The van der Waals surface area contributed by atoms with Crippen molar-refractivity contribution in [3.05, 3.63) is 29.8 Å². The normalized spacial score (nSPS) is 16.9. The van der Waals surface area contributed by atoms with Gasteiger partial charge in [0.1, 0.15) is 11.9 Å². The molecule has 1 amide bonds.